The van der Waals surface area contributed by atoms with Gasteiger partial charge in [-0.1, -0.05) is 29.3 Å². The van der Waals surface area contributed by atoms with Crippen molar-refractivity contribution in [3.8, 4) is 5.88 Å². The zero-order valence-electron chi connectivity index (χ0n) is 20.5. The minimum atomic E-state index is -0.535. The number of carbonyl (C=O) groups excluding carboxylic acids is 1. The van der Waals surface area contributed by atoms with Crippen molar-refractivity contribution in [3.63, 3.8) is 0 Å². The van der Waals surface area contributed by atoms with Gasteiger partial charge in [0.05, 0.1) is 28.0 Å². The van der Waals surface area contributed by atoms with Gasteiger partial charge in [-0.05, 0) is 32.1 Å². The fourth-order valence-corrected chi connectivity index (χ4v) is 3.88. The first-order valence-corrected chi connectivity index (χ1v) is 12.3. The fraction of sp³-hybridized carbons (Fsp3) is 0.417. The largest absolute Gasteiger partial charge is 0.475 e. The van der Waals surface area contributed by atoms with Crippen molar-refractivity contribution in [2.24, 2.45) is 0 Å². The van der Waals surface area contributed by atoms with E-state index in [0.29, 0.717) is 41.0 Å². The quantitative estimate of drug-likeness (QED) is 0.226. The summed E-state index contributed by atoms with van der Waals surface area (Å²) >= 11 is 12.3. The number of ether oxygens (including phenoxy) is 2. The zero-order valence-corrected chi connectivity index (χ0v) is 22.0. The van der Waals surface area contributed by atoms with Gasteiger partial charge in [0, 0.05) is 51.2 Å². The van der Waals surface area contributed by atoms with Gasteiger partial charge < -0.3 is 30.8 Å². The van der Waals surface area contributed by atoms with E-state index < -0.39 is 5.91 Å². The number of hydrogen-bond acceptors (Lipinski definition) is 9. The van der Waals surface area contributed by atoms with E-state index in [1.807, 2.05) is 6.08 Å². The number of aromatic nitrogens is 2. The van der Waals surface area contributed by atoms with Crippen LogP contribution >= 0.6 is 23.2 Å². The first kappa shape index (κ1) is 27.8. The summed E-state index contributed by atoms with van der Waals surface area (Å²) in [4.78, 5) is 23.9. The Labute approximate surface area is 220 Å². The van der Waals surface area contributed by atoms with Gasteiger partial charge in [-0.3, -0.25) is 9.69 Å². The van der Waals surface area contributed by atoms with E-state index in [0.717, 1.165) is 13.1 Å². The molecule has 1 saturated heterocycles. The molecule has 1 fully saturated rings. The molecule has 36 heavy (non-hydrogen) atoms. The summed E-state index contributed by atoms with van der Waals surface area (Å²) in [5, 5.41) is 17.4. The van der Waals surface area contributed by atoms with Gasteiger partial charge >= 0.3 is 0 Å². The molecule has 0 atom stereocenters. The topological polar surface area (TPSA) is 124 Å². The molecule has 0 spiro atoms. The fourth-order valence-electron chi connectivity index (χ4n) is 3.39. The normalized spacial score (nSPS) is 14.4. The van der Waals surface area contributed by atoms with Crippen LogP contribution in [0.15, 0.2) is 36.2 Å². The summed E-state index contributed by atoms with van der Waals surface area (Å²) in [6.45, 7) is 7.44. The number of nitrogens with zero attached hydrogens (tertiary/aromatic N) is 3. The molecule has 1 aliphatic rings. The van der Waals surface area contributed by atoms with Gasteiger partial charge in [-0.2, -0.15) is 4.98 Å². The van der Waals surface area contributed by atoms with Crippen molar-refractivity contribution in [1.29, 1.82) is 5.41 Å². The molecule has 194 valence electrons. The number of allylic oxidation sites excluding steroid dienone is 1. The molecule has 10 nitrogen and oxygen atoms in total. The molecule has 12 heteroatoms. The van der Waals surface area contributed by atoms with Crippen molar-refractivity contribution < 1.29 is 14.3 Å². The van der Waals surface area contributed by atoms with Gasteiger partial charge in [-0.25, -0.2) is 4.98 Å². The Bertz CT molecular complexity index is 1070. The van der Waals surface area contributed by atoms with E-state index in [1.165, 1.54) is 12.4 Å². The Balaban J connectivity index is 1.69. The second kappa shape index (κ2) is 13.5. The molecule has 1 aliphatic heterocycles. The molecule has 0 unspecified atom stereocenters. The highest BCUT2D eigenvalue weighted by molar-refractivity contribution is 6.40. The van der Waals surface area contributed by atoms with Crippen LogP contribution in [-0.4, -0.2) is 79.0 Å². The van der Waals surface area contributed by atoms with Crippen LogP contribution in [0, 0.1) is 5.41 Å². The SMILES string of the molecule is COCCOc1nc(N/C(C=N)=C/CNC2CN(C(C)C)C2)ncc1C(=O)Nc1c(Cl)cccc1Cl. The monoisotopic (exact) mass is 535 g/mol. The number of likely N-dealkylation sites (tertiary alicyclic amines) is 1. The summed E-state index contributed by atoms with van der Waals surface area (Å²) in [5.41, 5.74) is 0.875. The summed E-state index contributed by atoms with van der Waals surface area (Å²) in [7, 11) is 1.54. The minimum Gasteiger partial charge on any atom is -0.475 e. The first-order chi connectivity index (χ1) is 17.3. The number of rotatable bonds is 13. The van der Waals surface area contributed by atoms with Crippen LogP contribution in [0.3, 0.4) is 0 Å². The highest BCUT2D eigenvalue weighted by atomic mass is 35.5. The molecular weight excluding hydrogens is 505 g/mol. The maximum absolute atomic E-state index is 13.0. The predicted octanol–water partition coefficient (Wildman–Crippen LogP) is 3.69. The summed E-state index contributed by atoms with van der Waals surface area (Å²) < 4.78 is 10.7. The first-order valence-electron chi connectivity index (χ1n) is 11.5. The highest BCUT2D eigenvalue weighted by Gasteiger charge is 2.27. The molecule has 0 radical (unpaired) electrons. The van der Waals surface area contributed by atoms with Crippen LogP contribution < -0.4 is 20.7 Å². The Morgan fingerprint density at radius 1 is 1.25 bits per heavy atom. The molecule has 0 bridgehead atoms. The van der Waals surface area contributed by atoms with Gasteiger partial charge in [0.1, 0.15) is 12.2 Å². The third kappa shape index (κ3) is 7.62. The van der Waals surface area contributed by atoms with Crippen LogP contribution in [-0.2, 0) is 4.74 Å². The Morgan fingerprint density at radius 3 is 2.61 bits per heavy atom. The average Bonchev–Trinajstić information content (AvgIpc) is 2.82. The predicted molar refractivity (Wildman–Crippen MR) is 143 cm³/mol. The Kier molecular flexibility index (Phi) is 10.4. The number of halogens is 2. The highest BCUT2D eigenvalue weighted by Crippen LogP contribution is 2.31. The lowest BCUT2D eigenvalue weighted by molar-refractivity contribution is 0.0943. The van der Waals surface area contributed by atoms with Gasteiger partial charge in [0.25, 0.3) is 5.91 Å². The van der Waals surface area contributed by atoms with Crippen LogP contribution in [0.4, 0.5) is 11.6 Å². The van der Waals surface area contributed by atoms with Crippen molar-refractivity contribution in [1.82, 2.24) is 20.2 Å². The molecule has 1 amide bonds. The lowest BCUT2D eigenvalue weighted by Gasteiger charge is -2.42. The van der Waals surface area contributed by atoms with E-state index in [4.69, 9.17) is 38.1 Å². The van der Waals surface area contributed by atoms with Gasteiger partial charge in [0.15, 0.2) is 0 Å². The van der Waals surface area contributed by atoms with E-state index in [2.05, 4.69) is 44.7 Å². The number of nitrogens with one attached hydrogen (secondary N) is 4. The average molecular weight is 536 g/mol. The molecule has 3 rings (SSSR count). The number of carbonyl (C=O) groups is 1. The minimum absolute atomic E-state index is 0.0518. The van der Waals surface area contributed by atoms with E-state index >= 15 is 0 Å². The Hall–Kier alpha value is -2.76. The second-order valence-electron chi connectivity index (χ2n) is 8.39. The van der Waals surface area contributed by atoms with Gasteiger partial charge in [0.2, 0.25) is 11.8 Å². The number of para-hydroxylation sites is 1. The third-order valence-electron chi connectivity index (χ3n) is 5.51. The smallest absolute Gasteiger partial charge is 0.262 e. The number of methoxy groups -OCH3 is 1. The molecule has 0 aliphatic carbocycles. The number of hydrogen-bond donors (Lipinski definition) is 4. The summed E-state index contributed by atoms with van der Waals surface area (Å²) in [5.74, 6) is -0.304. The summed E-state index contributed by atoms with van der Waals surface area (Å²) in [6.07, 6.45) is 4.36. The number of benzene rings is 1. The Morgan fingerprint density at radius 2 is 1.97 bits per heavy atom. The lowest BCUT2D eigenvalue weighted by atomic mass is 10.1. The molecule has 0 saturated carbocycles. The van der Waals surface area contributed by atoms with Crippen molar-refractivity contribution in [2.75, 3.05) is 50.6 Å². The lowest BCUT2D eigenvalue weighted by Crippen LogP contribution is -2.59. The molecule has 2 heterocycles. The number of amides is 1. The van der Waals surface area contributed by atoms with Crippen molar-refractivity contribution in [3.05, 3.63) is 51.8 Å². The molecule has 2 aromatic rings. The third-order valence-corrected chi connectivity index (χ3v) is 6.14. The molecule has 1 aromatic heterocycles. The van der Waals surface area contributed by atoms with E-state index in [9.17, 15) is 4.79 Å². The molecule has 1 aromatic carbocycles. The van der Waals surface area contributed by atoms with E-state index in [-0.39, 0.29) is 29.7 Å². The van der Waals surface area contributed by atoms with Gasteiger partial charge in [-0.15, -0.1) is 0 Å². The van der Waals surface area contributed by atoms with Crippen molar-refractivity contribution in [2.45, 2.75) is 25.9 Å². The van der Waals surface area contributed by atoms with Crippen LogP contribution in [0.1, 0.15) is 24.2 Å². The second-order valence-corrected chi connectivity index (χ2v) is 9.20. The maximum atomic E-state index is 13.0. The van der Waals surface area contributed by atoms with Crippen LogP contribution in [0.5, 0.6) is 5.88 Å². The molecular formula is C24H31Cl2N7O3. The number of anilines is 2. The van der Waals surface area contributed by atoms with E-state index in [1.54, 1.807) is 25.3 Å². The van der Waals surface area contributed by atoms with Crippen molar-refractivity contribution >= 4 is 47.0 Å². The molecule has 4 N–H and O–H groups in total. The standard InChI is InChI=1S/C24H31Cl2N7O3/c1-15(2)33-13-17(14-33)28-8-7-16(11-27)30-24-29-12-18(23(32-24)36-10-9-35-3)22(34)31-21-19(25)5-4-6-20(21)26/h4-7,11-12,15,17,27-28H,8-10,13-14H2,1-3H3,(H,31,34)(H,29,30,32)/b16-7+,27-11?. The van der Waals surface area contributed by atoms with Crippen LogP contribution in [0.2, 0.25) is 10.0 Å². The summed E-state index contributed by atoms with van der Waals surface area (Å²) in [6, 6.07) is 5.89. The zero-order chi connectivity index (χ0) is 26.1. The maximum Gasteiger partial charge on any atom is 0.262 e. The van der Waals surface area contributed by atoms with Crippen LogP contribution in [0.25, 0.3) is 0 Å².